The van der Waals surface area contributed by atoms with Crippen LogP contribution < -0.4 is 0 Å². The van der Waals surface area contributed by atoms with Gasteiger partial charge in [0.25, 0.3) is 0 Å². The summed E-state index contributed by atoms with van der Waals surface area (Å²) in [6.45, 7) is 0. The number of oxazole rings is 1. The molecule has 0 aliphatic carbocycles. The van der Waals surface area contributed by atoms with Crippen LogP contribution in [0.2, 0.25) is 0 Å². The fraction of sp³-hybridized carbons (Fsp3) is 0. The summed E-state index contributed by atoms with van der Waals surface area (Å²) >= 11 is 3.62. The molecule has 5 heteroatoms. The van der Waals surface area contributed by atoms with E-state index in [4.69, 9.17) is 9.40 Å². The van der Waals surface area contributed by atoms with Crippen molar-refractivity contribution >= 4 is 60.5 Å². The van der Waals surface area contributed by atoms with E-state index in [2.05, 4.69) is 33.1 Å². The Bertz CT molecular complexity index is 1700. The Morgan fingerprint density at radius 2 is 1.64 bits per heavy atom. The van der Waals surface area contributed by atoms with Gasteiger partial charge in [0.2, 0.25) is 5.89 Å². The molecule has 0 radical (unpaired) electrons. The molecule has 1 N–H and O–H groups in total. The first kappa shape index (κ1) is 19.7. The van der Waals surface area contributed by atoms with Crippen LogP contribution in [0.25, 0.3) is 44.1 Å². The molecule has 1 heterocycles. The van der Waals surface area contributed by atoms with E-state index in [0.29, 0.717) is 17.0 Å². The van der Waals surface area contributed by atoms with E-state index in [9.17, 15) is 5.11 Å². The Labute approximate surface area is 198 Å². The first-order valence-electron chi connectivity index (χ1n) is 10.5. The molecule has 1 aromatic heterocycles. The molecule has 0 aliphatic rings. The first-order chi connectivity index (χ1) is 16.2. The van der Waals surface area contributed by atoms with E-state index in [0.717, 1.165) is 42.8 Å². The van der Waals surface area contributed by atoms with Gasteiger partial charge < -0.3 is 9.52 Å². The molecule has 0 unspecified atom stereocenters. The number of aromatic hydroxyl groups is 1. The average molecular weight is 493 g/mol. The number of aliphatic imine (C=N–C) groups is 1. The van der Waals surface area contributed by atoms with Gasteiger partial charge in [0.05, 0.1) is 5.69 Å². The molecule has 0 atom stereocenters. The predicted molar refractivity (Wildman–Crippen MR) is 138 cm³/mol. The Kier molecular flexibility index (Phi) is 4.70. The van der Waals surface area contributed by atoms with Crippen LogP contribution in [0.15, 0.2) is 105 Å². The SMILES string of the molecule is Oc1ccc2ccccc2c1C=Nc1ccc2oc(-c3cccc4c(Br)cccc34)nc2c1. The number of fused-ring (bicyclic) bond motifs is 3. The Hall–Kier alpha value is -3.96. The van der Waals surface area contributed by atoms with E-state index in [1.807, 2.05) is 72.8 Å². The van der Waals surface area contributed by atoms with Crippen molar-refractivity contribution < 1.29 is 9.52 Å². The van der Waals surface area contributed by atoms with E-state index in [1.54, 1.807) is 12.3 Å². The number of phenolic OH excluding ortho intramolecular Hbond substituents is 1. The van der Waals surface area contributed by atoms with Gasteiger partial charge in [-0.2, -0.15) is 0 Å². The second-order valence-corrected chi connectivity index (χ2v) is 8.64. The highest BCUT2D eigenvalue weighted by molar-refractivity contribution is 9.10. The van der Waals surface area contributed by atoms with Crippen molar-refractivity contribution in [3.05, 3.63) is 101 Å². The van der Waals surface area contributed by atoms with Crippen LogP contribution in [0.3, 0.4) is 0 Å². The van der Waals surface area contributed by atoms with E-state index in [-0.39, 0.29) is 5.75 Å². The smallest absolute Gasteiger partial charge is 0.227 e. The first-order valence-corrected chi connectivity index (χ1v) is 11.3. The topological polar surface area (TPSA) is 58.6 Å². The van der Waals surface area contributed by atoms with Crippen molar-refractivity contribution in [1.82, 2.24) is 4.98 Å². The minimum absolute atomic E-state index is 0.198. The third kappa shape index (κ3) is 3.47. The highest BCUT2D eigenvalue weighted by Crippen LogP contribution is 2.34. The van der Waals surface area contributed by atoms with Crippen molar-refractivity contribution in [2.24, 2.45) is 4.99 Å². The van der Waals surface area contributed by atoms with E-state index >= 15 is 0 Å². The largest absolute Gasteiger partial charge is 0.507 e. The van der Waals surface area contributed by atoms with Gasteiger partial charge in [0, 0.05) is 21.8 Å². The highest BCUT2D eigenvalue weighted by atomic mass is 79.9. The lowest BCUT2D eigenvalue weighted by Gasteiger charge is -2.04. The molecular weight excluding hydrogens is 476 g/mol. The molecule has 0 fully saturated rings. The van der Waals surface area contributed by atoms with Crippen LogP contribution in [0.4, 0.5) is 5.69 Å². The predicted octanol–water partition coefficient (Wildman–Crippen LogP) is 8.02. The van der Waals surface area contributed by atoms with Crippen molar-refractivity contribution in [3.63, 3.8) is 0 Å². The highest BCUT2D eigenvalue weighted by Gasteiger charge is 2.13. The summed E-state index contributed by atoms with van der Waals surface area (Å²) in [5.74, 6) is 0.769. The molecule has 0 bridgehead atoms. The quantitative estimate of drug-likeness (QED) is 0.254. The van der Waals surface area contributed by atoms with Crippen LogP contribution in [0.5, 0.6) is 5.75 Å². The number of benzene rings is 5. The number of hydrogen-bond donors (Lipinski definition) is 1. The maximum absolute atomic E-state index is 10.4. The summed E-state index contributed by atoms with van der Waals surface area (Å²) in [5, 5.41) is 14.6. The van der Waals surface area contributed by atoms with Gasteiger partial charge in [0.15, 0.2) is 5.58 Å². The normalized spacial score (nSPS) is 11.8. The van der Waals surface area contributed by atoms with Crippen LogP contribution >= 0.6 is 15.9 Å². The van der Waals surface area contributed by atoms with Gasteiger partial charge in [-0.1, -0.05) is 70.5 Å². The lowest BCUT2D eigenvalue weighted by Crippen LogP contribution is -1.85. The molecule has 0 spiro atoms. The van der Waals surface area contributed by atoms with Crippen molar-refractivity contribution in [2.45, 2.75) is 0 Å². The lowest BCUT2D eigenvalue weighted by atomic mass is 10.0. The average Bonchev–Trinajstić information content (AvgIpc) is 3.27. The minimum Gasteiger partial charge on any atom is -0.507 e. The number of rotatable bonds is 3. The Morgan fingerprint density at radius 3 is 2.58 bits per heavy atom. The number of nitrogens with zero attached hydrogens (tertiary/aromatic N) is 2. The summed E-state index contributed by atoms with van der Waals surface area (Å²) in [4.78, 5) is 9.35. The van der Waals surface area contributed by atoms with Gasteiger partial charge in [-0.05, 0) is 57.9 Å². The van der Waals surface area contributed by atoms with Gasteiger partial charge >= 0.3 is 0 Å². The monoisotopic (exact) mass is 492 g/mol. The molecule has 6 aromatic rings. The fourth-order valence-corrected chi connectivity index (χ4v) is 4.63. The number of aromatic nitrogens is 1. The standard InChI is InChI=1S/C28H17BrN2O2/c29-24-10-4-7-20-21(24)8-3-9-22(20)28-31-25-15-18(12-14-27(25)33-28)30-16-23-19-6-2-1-5-17(19)11-13-26(23)32/h1-16,32H. The van der Waals surface area contributed by atoms with E-state index in [1.165, 1.54) is 0 Å². The van der Waals surface area contributed by atoms with Crippen molar-refractivity contribution in [1.29, 1.82) is 0 Å². The third-order valence-electron chi connectivity index (χ3n) is 5.76. The van der Waals surface area contributed by atoms with Crippen LogP contribution in [0, 0.1) is 0 Å². The molecule has 0 saturated carbocycles. The van der Waals surface area contributed by atoms with Gasteiger partial charge in [-0.3, -0.25) is 4.99 Å². The molecular formula is C28H17BrN2O2. The lowest BCUT2D eigenvalue weighted by molar-refractivity contribution is 0.475. The number of halogens is 1. The molecule has 0 saturated heterocycles. The summed E-state index contributed by atoms with van der Waals surface area (Å²) in [6, 6.07) is 29.4. The van der Waals surface area contributed by atoms with Gasteiger partial charge in [-0.15, -0.1) is 0 Å². The molecule has 6 rings (SSSR count). The number of phenols is 1. The number of hydrogen-bond acceptors (Lipinski definition) is 4. The van der Waals surface area contributed by atoms with Crippen molar-refractivity contribution in [2.75, 3.05) is 0 Å². The molecule has 0 amide bonds. The second kappa shape index (κ2) is 7.87. The molecule has 158 valence electrons. The summed E-state index contributed by atoms with van der Waals surface area (Å²) in [6.07, 6.45) is 1.70. The molecule has 5 aromatic carbocycles. The summed E-state index contributed by atoms with van der Waals surface area (Å²) in [7, 11) is 0. The Balaban J connectivity index is 1.41. The summed E-state index contributed by atoms with van der Waals surface area (Å²) < 4.78 is 7.11. The molecule has 4 nitrogen and oxygen atoms in total. The fourth-order valence-electron chi connectivity index (χ4n) is 4.13. The van der Waals surface area contributed by atoms with Gasteiger partial charge in [-0.25, -0.2) is 4.98 Å². The van der Waals surface area contributed by atoms with Crippen LogP contribution in [-0.4, -0.2) is 16.3 Å². The molecule has 0 aliphatic heterocycles. The maximum Gasteiger partial charge on any atom is 0.227 e. The zero-order chi connectivity index (χ0) is 22.4. The van der Waals surface area contributed by atoms with Crippen LogP contribution in [0.1, 0.15) is 5.56 Å². The maximum atomic E-state index is 10.4. The van der Waals surface area contributed by atoms with Crippen LogP contribution in [-0.2, 0) is 0 Å². The Morgan fingerprint density at radius 1 is 0.818 bits per heavy atom. The van der Waals surface area contributed by atoms with Crippen molar-refractivity contribution in [3.8, 4) is 17.2 Å². The zero-order valence-electron chi connectivity index (χ0n) is 17.4. The summed E-state index contributed by atoms with van der Waals surface area (Å²) in [5.41, 5.74) is 3.79. The van der Waals surface area contributed by atoms with Gasteiger partial charge in [0.1, 0.15) is 11.3 Å². The second-order valence-electron chi connectivity index (χ2n) is 7.79. The zero-order valence-corrected chi connectivity index (χ0v) is 19.0. The minimum atomic E-state index is 0.198. The third-order valence-corrected chi connectivity index (χ3v) is 6.45. The molecule has 33 heavy (non-hydrogen) atoms. The van der Waals surface area contributed by atoms with E-state index < -0.39 is 0 Å².